The van der Waals surface area contributed by atoms with E-state index in [4.69, 9.17) is 0 Å². The van der Waals surface area contributed by atoms with Crippen molar-refractivity contribution in [3.8, 4) is 0 Å². The fourth-order valence-electron chi connectivity index (χ4n) is 2.54. The van der Waals surface area contributed by atoms with Crippen LogP contribution in [0.2, 0.25) is 0 Å². The molecule has 0 fully saturated rings. The summed E-state index contributed by atoms with van der Waals surface area (Å²) < 4.78 is 0. The lowest BCUT2D eigenvalue weighted by Gasteiger charge is -2.36. The summed E-state index contributed by atoms with van der Waals surface area (Å²) in [5.41, 5.74) is 2.64. The minimum Gasteiger partial charge on any atom is -0.295 e. The lowest BCUT2D eigenvalue weighted by atomic mass is 9.67. The predicted molar refractivity (Wildman–Crippen MR) is 66.5 cm³/mol. The molecule has 0 saturated heterocycles. The molecule has 84 valence electrons. The Labute approximate surface area is 97.2 Å². The van der Waals surface area contributed by atoms with Gasteiger partial charge in [0.2, 0.25) is 0 Å². The Kier molecular flexibility index (Phi) is 2.71. The average Bonchev–Trinajstić information content (AvgIpc) is 2.25. The SMILES string of the molecule is Cc1ccccc1[C@@]1(C)C=CC(=O)C[C@@H]1C. The number of benzene rings is 1. The van der Waals surface area contributed by atoms with Gasteiger partial charge in [-0.1, -0.05) is 44.2 Å². The van der Waals surface area contributed by atoms with Crippen LogP contribution in [-0.4, -0.2) is 5.78 Å². The van der Waals surface area contributed by atoms with E-state index in [0.29, 0.717) is 12.3 Å². The van der Waals surface area contributed by atoms with Crippen LogP contribution in [0.15, 0.2) is 36.4 Å². The Balaban J connectivity index is 2.50. The second-order valence-electron chi connectivity index (χ2n) is 5.00. The maximum absolute atomic E-state index is 11.4. The van der Waals surface area contributed by atoms with Crippen molar-refractivity contribution in [2.24, 2.45) is 5.92 Å². The van der Waals surface area contributed by atoms with Crippen LogP contribution in [0, 0.1) is 12.8 Å². The van der Waals surface area contributed by atoms with Gasteiger partial charge >= 0.3 is 0 Å². The van der Waals surface area contributed by atoms with Gasteiger partial charge in [0.15, 0.2) is 5.78 Å². The van der Waals surface area contributed by atoms with Crippen molar-refractivity contribution < 1.29 is 4.79 Å². The molecular weight excluding hydrogens is 196 g/mol. The summed E-state index contributed by atoms with van der Waals surface area (Å²) in [7, 11) is 0. The minimum atomic E-state index is -0.000741. The van der Waals surface area contributed by atoms with Gasteiger partial charge in [-0.25, -0.2) is 0 Å². The largest absolute Gasteiger partial charge is 0.295 e. The van der Waals surface area contributed by atoms with Gasteiger partial charge in [0.1, 0.15) is 0 Å². The number of allylic oxidation sites excluding steroid dienone is 2. The standard InChI is InChI=1S/C15H18O/c1-11-6-4-5-7-14(11)15(3)9-8-13(16)10-12(15)2/h4-9,12H,10H2,1-3H3/t12-,15-/m0/s1. The summed E-state index contributed by atoms with van der Waals surface area (Å²) in [5, 5.41) is 0. The Morgan fingerprint density at radius 3 is 2.62 bits per heavy atom. The molecule has 1 aliphatic carbocycles. The van der Waals surface area contributed by atoms with Crippen molar-refractivity contribution in [1.82, 2.24) is 0 Å². The van der Waals surface area contributed by atoms with Gasteiger partial charge < -0.3 is 0 Å². The van der Waals surface area contributed by atoms with Crippen molar-refractivity contribution >= 4 is 5.78 Å². The lowest BCUT2D eigenvalue weighted by molar-refractivity contribution is -0.116. The van der Waals surface area contributed by atoms with Crippen molar-refractivity contribution in [1.29, 1.82) is 0 Å². The van der Waals surface area contributed by atoms with Crippen LogP contribution in [0.5, 0.6) is 0 Å². The van der Waals surface area contributed by atoms with E-state index < -0.39 is 0 Å². The van der Waals surface area contributed by atoms with Gasteiger partial charge in [-0.15, -0.1) is 0 Å². The molecule has 0 aromatic heterocycles. The summed E-state index contributed by atoms with van der Waals surface area (Å²) in [4.78, 5) is 11.4. The highest BCUT2D eigenvalue weighted by atomic mass is 16.1. The van der Waals surface area contributed by atoms with Gasteiger partial charge in [-0.2, -0.15) is 0 Å². The Morgan fingerprint density at radius 1 is 1.31 bits per heavy atom. The molecule has 16 heavy (non-hydrogen) atoms. The number of hydrogen-bond acceptors (Lipinski definition) is 1. The normalized spacial score (nSPS) is 29.4. The quantitative estimate of drug-likeness (QED) is 0.700. The van der Waals surface area contributed by atoms with Crippen molar-refractivity contribution in [3.63, 3.8) is 0 Å². The molecule has 0 bridgehead atoms. The van der Waals surface area contributed by atoms with Crippen LogP contribution in [0.4, 0.5) is 0 Å². The summed E-state index contributed by atoms with van der Waals surface area (Å²) in [5.74, 6) is 0.615. The topological polar surface area (TPSA) is 17.1 Å². The van der Waals surface area contributed by atoms with Gasteiger partial charge in [0.05, 0.1) is 0 Å². The third-order valence-electron chi connectivity index (χ3n) is 3.87. The third kappa shape index (κ3) is 1.71. The zero-order valence-corrected chi connectivity index (χ0v) is 10.2. The molecule has 1 aliphatic rings. The molecule has 0 spiro atoms. The predicted octanol–water partition coefficient (Wildman–Crippen LogP) is 3.42. The van der Waals surface area contributed by atoms with E-state index in [2.05, 4.69) is 51.1 Å². The zero-order valence-electron chi connectivity index (χ0n) is 10.2. The Bertz CT molecular complexity index is 445. The molecule has 0 aliphatic heterocycles. The maximum atomic E-state index is 11.4. The second-order valence-corrected chi connectivity index (χ2v) is 5.00. The van der Waals surface area contributed by atoms with Gasteiger partial charge in [0.25, 0.3) is 0 Å². The Morgan fingerprint density at radius 2 is 2.00 bits per heavy atom. The van der Waals surface area contributed by atoms with E-state index in [1.54, 1.807) is 6.08 Å². The van der Waals surface area contributed by atoms with E-state index in [9.17, 15) is 4.79 Å². The highest BCUT2D eigenvalue weighted by Crippen LogP contribution is 2.39. The second kappa shape index (κ2) is 3.89. The van der Waals surface area contributed by atoms with Crippen LogP contribution in [0.1, 0.15) is 31.4 Å². The number of rotatable bonds is 1. The number of aryl methyl sites for hydroxylation is 1. The first-order valence-corrected chi connectivity index (χ1v) is 5.82. The molecular formula is C15H18O. The smallest absolute Gasteiger partial charge is 0.155 e. The van der Waals surface area contributed by atoms with Gasteiger partial charge in [-0.05, 0) is 30.0 Å². The molecule has 1 nitrogen and oxygen atoms in total. The van der Waals surface area contributed by atoms with Crippen LogP contribution in [0.3, 0.4) is 0 Å². The van der Waals surface area contributed by atoms with Crippen LogP contribution in [-0.2, 0) is 10.2 Å². The van der Waals surface area contributed by atoms with E-state index in [-0.39, 0.29) is 11.2 Å². The van der Waals surface area contributed by atoms with E-state index in [1.165, 1.54) is 11.1 Å². The average molecular weight is 214 g/mol. The highest BCUT2D eigenvalue weighted by Gasteiger charge is 2.35. The monoisotopic (exact) mass is 214 g/mol. The molecule has 1 aromatic rings. The zero-order chi connectivity index (χ0) is 11.8. The van der Waals surface area contributed by atoms with Gasteiger partial charge in [0, 0.05) is 11.8 Å². The summed E-state index contributed by atoms with van der Waals surface area (Å²) in [6.07, 6.45) is 4.47. The van der Waals surface area contributed by atoms with Crippen molar-refractivity contribution in [2.75, 3.05) is 0 Å². The van der Waals surface area contributed by atoms with Crippen molar-refractivity contribution in [2.45, 2.75) is 32.6 Å². The summed E-state index contributed by atoms with van der Waals surface area (Å²) >= 11 is 0. The Hall–Kier alpha value is -1.37. The molecule has 0 amide bonds. The fourth-order valence-corrected chi connectivity index (χ4v) is 2.54. The molecule has 0 N–H and O–H groups in total. The molecule has 0 saturated carbocycles. The molecule has 1 heteroatoms. The molecule has 0 radical (unpaired) electrons. The first-order chi connectivity index (χ1) is 7.54. The van der Waals surface area contributed by atoms with Crippen LogP contribution < -0.4 is 0 Å². The maximum Gasteiger partial charge on any atom is 0.155 e. The molecule has 0 unspecified atom stereocenters. The number of hydrogen-bond donors (Lipinski definition) is 0. The highest BCUT2D eigenvalue weighted by molar-refractivity contribution is 5.91. The molecule has 0 heterocycles. The summed E-state index contributed by atoms with van der Waals surface area (Å²) in [6, 6.07) is 8.44. The first-order valence-electron chi connectivity index (χ1n) is 5.82. The number of carbonyl (C=O) groups excluding carboxylic acids is 1. The van der Waals surface area contributed by atoms with Crippen LogP contribution in [0.25, 0.3) is 0 Å². The van der Waals surface area contributed by atoms with Crippen molar-refractivity contribution in [3.05, 3.63) is 47.5 Å². The lowest BCUT2D eigenvalue weighted by Crippen LogP contribution is -2.33. The summed E-state index contributed by atoms with van der Waals surface area (Å²) in [6.45, 7) is 6.52. The fraction of sp³-hybridized carbons (Fsp3) is 0.400. The number of carbonyl (C=O) groups is 1. The molecule has 2 rings (SSSR count). The molecule has 1 aromatic carbocycles. The first kappa shape index (κ1) is 11.1. The van der Waals surface area contributed by atoms with Gasteiger partial charge in [-0.3, -0.25) is 4.79 Å². The third-order valence-corrected chi connectivity index (χ3v) is 3.87. The number of ketones is 1. The molecule has 2 atom stereocenters. The van der Waals surface area contributed by atoms with Crippen LogP contribution >= 0.6 is 0 Å². The van der Waals surface area contributed by atoms with E-state index in [0.717, 1.165) is 0 Å². The van der Waals surface area contributed by atoms with E-state index >= 15 is 0 Å². The minimum absolute atomic E-state index is 0.000741. The van der Waals surface area contributed by atoms with E-state index in [1.807, 2.05) is 0 Å².